The van der Waals surface area contributed by atoms with Gasteiger partial charge in [0.05, 0.1) is 18.1 Å². The molecule has 5 nitrogen and oxygen atoms in total. The molecule has 1 aromatic rings. The van der Waals surface area contributed by atoms with Gasteiger partial charge in [0, 0.05) is 13.1 Å². The number of nitrogens with zero attached hydrogens (tertiary/aromatic N) is 4. The molecule has 0 saturated carbocycles. The normalized spacial score (nSPS) is 11.3. The first-order chi connectivity index (χ1) is 9.15. The van der Waals surface area contributed by atoms with Gasteiger partial charge in [-0.3, -0.25) is 9.88 Å². The van der Waals surface area contributed by atoms with Crippen LogP contribution in [0.2, 0.25) is 0 Å². The van der Waals surface area contributed by atoms with E-state index in [1.165, 1.54) is 6.42 Å². The lowest BCUT2D eigenvalue weighted by molar-refractivity contribution is 0.256. The summed E-state index contributed by atoms with van der Waals surface area (Å²) in [6, 6.07) is 0. The molecule has 0 unspecified atom stereocenters. The van der Waals surface area contributed by atoms with Gasteiger partial charge < -0.3 is 10.2 Å². The molecule has 1 N–H and O–H groups in total. The van der Waals surface area contributed by atoms with Gasteiger partial charge in [-0.05, 0) is 47.1 Å². The molecule has 1 rings (SSSR count). The standard InChI is InChI=1S/C14H27N5/c1-5-15-14-11-16-13(10-17-14)12-19(6-2)9-7-8-18(3)4/h10-11H,5-9,12H2,1-4H3,(H,15,17). The Morgan fingerprint density at radius 3 is 2.42 bits per heavy atom. The minimum atomic E-state index is 0.849. The Labute approximate surface area is 117 Å². The smallest absolute Gasteiger partial charge is 0.144 e. The van der Waals surface area contributed by atoms with Crippen molar-refractivity contribution in [1.29, 1.82) is 0 Å². The fourth-order valence-electron chi connectivity index (χ4n) is 1.90. The zero-order chi connectivity index (χ0) is 14.1. The maximum absolute atomic E-state index is 4.45. The van der Waals surface area contributed by atoms with Crippen LogP contribution in [-0.4, -0.2) is 60.0 Å². The molecule has 108 valence electrons. The molecule has 0 aliphatic carbocycles. The van der Waals surface area contributed by atoms with Gasteiger partial charge in [0.1, 0.15) is 5.82 Å². The highest BCUT2D eigenvalue weighted by atomic mass is 15.1. The Kier molecular flexibility index (Phi) is 7.36. The molecule has 0 radical (unpaired) electrons. The van der Waals surface area contributed by atoms with Gasteiger partial charge in [-0.1, -0.05) is 6.92 Å². The van der Waals surface area contributed by atoms with Crippen molar-refractivity contribution in [3.63, 3.8) is 0 Å². The average molecular weight is 265 g/mol. The summed E-state index contributed by atoms with van der Waals surface area (Å²) in [4.78, 5) is 13.4. The van der Waals surface area contributed by atoms with Gasteiger partial charge in [0.15, 0.2) is 0 Å². The molecule has 0 spiro atoms. The second-order valence-electron chi connectivity index (χ2n) is 4.95. The summed E-state index contributed by atoms with van der Waals surface area (Å²) >= 11 is 0. The predicted octanol–water partition coefficient (Wildman–Crippen LogP) is 1.68. The van der Waals surface area contributed by atoms with E-state index in [9.17, 15) is 0 Å². The van der Waals surface area contributed by atoms with Gasteiger partial charge in [-0.2, -0.15) is 0 Å². The molecule has 0 atom stereocenters. The maximum atomic E-state index is 4.45. The number of hydrogen-bond donors (Lipinski definition) is 1. The Morgan fingerprint density at radius 1 is 1.11 bits per heavy atom. The van der Waals surface area contributed by atoms with Crippen LogP contribution in [0.4, 0.5) is 5.82 Å². The molecule has 0 saturated heterocycles. The fraction of sp³-hybridized carbons (Fsp3) is 0.714. The van der Waals surface area contributed by atoms with Gasteiger partial charge in [0.2, 0.25) is 0 Å². The lowest BCUT2D eigenvalue weighted by Gasteiger charge is -2.20. The van der Waals surface area contributed by atoms with E-state index in [1.54, 1.807) is 0 Å². The van der Waals surface area contributed by atoms with Gasteiger partial charge in [0.25, 0.3) is 0 Å². The monoisotopic (exact) mass is 265 g/mol. The first-order valence-corrected chi connectivity index (χ1v) is 7.07. The van der Waals surface area contributed by atoms with Crippen molar-refractivity contribution in [3.05, 3.63) is 18.1 Å². The Balaban J connectivity index is 2.41. The maximum Gasteiger partial charge on any atom is 0.144 e. The number of aromatic nitrogens is 2. The summed E-state index contributed by atoms with van der Waals surface area (Å²) in [5.74, 6) is 0.849. The SMILES string of the molecule is CCNc1cnc(CN(CC)CCCN(C)C)cn1. The van der Waals surface area contributed by atoms with Crippen LogP contribution >= 0.6 is 0 Å². The third-order valence-corrected chi connectivity index (χ3v) is 2.98. The zero-order valence-electron chi connectivity index (χ0n) is 12.7. The highest BCUT2D eigenvalue weighted by molar-refractivity contribution is 5.30. The second-order valence-corrected chi connectivity index (χ2v) is 4.95. The zero-order valence-corrected chi connectivity index (χ0v) is 12.7. The first-order valence-electron chi connectivity index (χ1n) is 7.07. The molecule has 0 aliphatic heterocycles. The van der Waals surface area contributed by atoms with Gasteiger partial charge in [-0.15, -0.1) is 0 Å². The van der Waals surface area contributed by atoms with E-state index in [2.05, 4.69) is 53.0 Å². The highest BCUT2D eigenvalue weighted by Crippen LogP contribution is 2.04. The summed E-state index contributed by atoms with van der Waals surface area (Å²) in [5, 5.41) is 3.16. The second kappa shape index (κ2) is 8.82. The third-order valence-electron chi connectivity index (χ3n) is 2.98. The van der Waals surface area contributed by atoms with E-state index in [0.29, 0.717) is 0 Å². The van der Waals surface area contributed by atoms with Crippen LogP contribution in [0, 0.1) is 0 Å². The lowest BCUT2D eigenvalue weighted by atomic mass is 10.3. The summed E-state index contributed by atoms with van der Waals surface area (Å²) in [7, 11) is 4.22. The van der Waals surface area contributed by atoms with Crippen molar-refractivity contribution in [2.75, 3.05) is 45.6 Å². The molecule has 0 fully saturated rings. The van der Waals surface area contributed by atoms with Crippen molar-refractivity contribution in [1.82, 2.24) is 19.8 Å². The number of anilines is 1. The molecule has 19 heavy (non-hydrogen) atoms. The van der Waals surface area contributed by atoms with Crippen LogP contribution in [0.25, 0.3) is 0 Å². The summed E-state index contributed by atoms with van der Waals surface area (Å²) < 4.78 is 0. The molecular weight excluding hydrogens is 238 g/mol. The Hall–Kier alpha value is -1.20. The summed E-state index contributed by atoms with van der Waals surface area (Å²) in [6.07, 6.45) is 4.86. The molecule has 5 heteroatoms. The fourth-order valence-corrected chi connectivity index (χ4v) is 1.90. The lowest BCUT2D eigenvalue weighted by Crippen LogP contribution is -2.27. The van der Waals surface area contributed by atoms with Gasteiger partial charge in [-0.25, -0.2) is 4.98 Å². The van der Waals surface area contributed by atoms with E-state index in [0.717, 1.165) is 44.2 Å². The van der Waals surface area contributed by atoms with E-state index in [1.807, 2.05) is 12.4 Å². The third kappa shape index (κ3) is 6.50. The molecule has 1 aromatic heterocycles. The van der Waals surface area contributed by atoms with E-state index >= 15 is 0 Å². The van der Waals surface area contributed by atoms with Crippen LogP contribution in [0.15, 0.2) is 12.4 Å². The van der Waals surface area contributed by atoms with Crippen molar-refractivity contribution < 1.29 is 0 Å². The van der Waals surface area contributed by atoms with Crippen molar-refractivity contribution in [2.45, 2.75) is 26.8 Å². The topological polar surface area (TPSA) is 44.3 Å². The van der Waals surface area contributed by atoms with Crippen LogP contribution < -0.4 is 5.32 Å². The van der Waals surface area contributed by atoms with E-state index in [4.69, 9.17) is 0 Å². The largest absolute Gasteiger partial charge is 0.369 e. The molecule has 0 bridgehead atoms. The summed E-state index contributed by atoms with van der Waals surface area (Å²) in [5.41, 5.74) is 1.04. The molecule has 1 heterocycles. The number of rotatable bonds is 9. The minimum absolute atomic E-state index is 0.849. The van der Waals surface area contributed by atoms with Crippen LogP contribution in [0.1, 0.15) is 26.0 Å². The van der Waals surface area contributed by atoms with Gasteiger partial charge >= 0.3 is 0 Å². The quantitative estimate of drug-likeness (QED) is 0.736. The number of nitrogens with one attached hydrogen (secondary N) is 1. The van der Waals surface area contributed by atoms with Crippen LogP contribution in [-0.2, 0) is 6.54 Å². The predicted molar refractivity (Wildman–Crippen MR) is 80.3 cm³/mol. The van der Waals surface area contributed by atoms with Crippen molar-refractivity contribution in [3.8, 4) is 0 Å². The van der Waals surface area contributed by atoms with Crippen molar-refractivity contribution in [2.24, 2.45) is 0 Å². The van der Waals surface area contributed by atoms with Crippen LogP contribution in [0.3, 0.4) is 0 Å². The Bertz CT molecular complexity index is 336. The van der Waals surface area contributed by atoms with Crippen molar-refractivity contribution >= 4 is 5.82 Å². The number of hydrogen-bond acceptors (Lipinski definition) is 5. The first kappa shape index (κ1) is 15.9. The average Bonchev–Trinajstić information content (AvgIpc) is 2.39. The van der Waals surface area contributed by atoms with E-state index < -0.39 is 0 Å². The molecular formula is C14H27N5. The highest BCUT2D eigenvalue weighted by Gasteiger charge is 2.05. The Morgan fingerprint density at radius 2 is 1.89 bits per heavy atom. The molecule has 0 amide bonds. The van der Waals surface area contributed by atoms with E-state index in [-0.39, 0.29) is 0 Å². The van der Waals surface area contributed by atoms with Crippen LogP contribution in [0.5, 0.6) is 0 Å². The molecule has 0 aromatic carbocycles. The summed E-state index contributed by atoms with van der Waals surface area (Å²) in [6.45, 7) is 9.27. The minimum Gasteiger partial charge on any atom is -0.369 e. The molecule has 0 aliphatic rings.